The zero-order chi connectivity index (χ0) is 15.3. The first-order chi connectivity index (χ1) is 10.1. The quantitative estimate of drug-likeness (QED) is 0.826. The minimum Gasteiger partial charge on any atom is -0.329 e. The minimum absolute atomic E-state index is 0.214. The summed E-state index contributed by atoms with van der Waals surface area (Å²) in [7, 11) is -3.56. The van der Waals surface area contributed by atoms with Crippen LogP contribution in [0, 0.1) is 0 Å². The van der Waals surface area contributed by atoms with E-state index in [0.717, 1.165) is 30.0 Å². The van der Waals surface area contributed by atoms with Crippen LogP contribution in [0.15, 0.2) is 47.4 Å². The molecule has 0 saturated heterocycles. The van der Waals surface area contributed by atoms with Gasteiger partial charge in [0.1, 0.15) is 0 Å². The molecule has 5 heteroatoms. The highest BCUT2D eigenvalue weighted by Crippen LogP contribution is 2.23. The molecule has 2 aromatic rings. The van der Waals surface area contributed by atoms with E-state index < -0.39 is 10.0 Å². The van der Waals surface area contributed by atoms with Crippen LogP contribution in [0.2, 0.25) is 0 Å². The van der Waals surface area contributed by atoms with Gasteiger partial charge in [0.15, 0.2) is 0 Å². The molecule has 1 atom stereocenters. The summed E-state index contributed by atoms with van der Waals surface area (Å²) in [6.07, 6.45) is 2.74. The van der Waals surface area contributed by atoms with Gasteiger partial charge in [0.05, 0.1) is 4.90 Å². The summed E-state index contributed by atoms with van der Waals surface area (Å²) in [6.45, 7) is 2.39. The van der Waals surface area contributed by atoms with Crippen molar-refractivity contribution >= 4 is 20.8 Å². The van der Waals surface area contributed by atoms with Crippen molar-refractivity contribution in [1.82, 2.24) is 4.72 Å². The lowest BCUT2D eigenvalue weighted by Crippen LogP contribution is -2.40. The number of benzene rings is 2. The summed E-state index contributed by atoms with van der Waals surface area (Å²) in [5.41, 5.74) is 5.68. The lowest BCUT2D eigenvalue weighted by atomic mass is 10.1. The lowest BCUT2D eigenvalue weighted by molar-refractivity contribution is 0.517. The summed E-state index contributed by atoms with van der Waals surface area (Å²) in [5.74, 6) is 0. The van der Waals surface area contributed by atoms with Gasteiger partial charge in [-0.2, -0.15) is 0 Å². The number of hydrogen-bond donors (Lipinski definition) is 2. The van der Waals surface area contributed by atoms with Crippen LogP contribution in [0.5, 0.6) is 0 Å². The van der Waals surface area contributed by atoms with Crippen molar-refractivity contribution in [3.05, 3.63) is 42.5 Å². The van der Waals surface area contributed by atoms with E-state index in [-0.39, 0.29) is 6.04 Å². The predicted octanol–water partition coefficient (Wildman–Crippen LogP) is 2.64. The highest BCUT2D eigenvalue weighted by molar-refractivity contribution is 7.89. The zero-order valence-corrected chi connectivity index (χ0v) is 13.1. The van der Waals surface area contributed by atoms with E-state index in [4.69, 9.17) is 5.73 Å². The molecule has 2 aromatic carbocycles. The van der Waals surface area contributed by atoms with Crippen molar-refractivity contribution in [2.75, 3.05) is 6.54 Å². The molecule has 0 aliphatic rings. The van der Waals surface area contributed by atoms with E-state index in [0.29, 0.717) is 11.4 Å². The third-order valence-corrected chi connectivity index (χ3v) is 5.13. The Morgan fingerprint density at radius 2 is 1.86 bits per heavy atom. The number of nitrogens with one attached hydrogen (secondary N) is 1. The van der Waals surface area contributed by atoms with Crippen LogP contribution in [0.3, 0.4) is 0 Å². The third-order valence-electron chi connectivity index (χ3n) is 3.55. The standard InChI is InChI=1S/C16H22N2O2S/c1-2-3-9-14(12-17)18-21(19,20)16-11-6-8-13-7-4-5-10-15(13)16/h4-8,10-11,14,18H,2-3,9,12,17H2,1H3. The summed E-state index contributed by atoms with van der Waals surface area (Å²) in [5, 5.41) is 1.65. The highest BCUT2D eigenvalue weighted by Gasteiger charge is 2.20. The second kappa shape index (κ2) is 7.02. The molecule has 0 spiro atoms. The summed E-state index contributed by atoms with van der Waals surface area (Å²) >= 11 is 0. The van der Waals surface area contributed by atoms with E-state index in [1.807, 2.05) is 30.3 Å². The maximum Gasteiger partial charge on any atom is 0.241 e. The van der Waals surface area contributed by atoms with Gasteiger partial charge in [-0.05, 0) is 17.9 Å². The number of unbranched alkanes of at least 4 members (excludes halogenated alkanes) is 1. The first-order valence-electron chi connectivity index (χ1n) is 7.28. The molecular weight excluding hydrogens is 284 g/mol. The van der Waals surface area contributed by atoms with E-state index in [2.05, 4.69) is 11.6 Å². The average molecular weight is 306 g/mol. The molecule has 0 aliphatic heterocycles. The Balaban J connectivity index is 2.33. The molecule has 2 rings (SSSR count). The van der Waals surface area contributed by atoms with E-state index in [1.165, 1.54) is 0 Å². The van der Waals surface area contributed by atoms with Gasteiger partial charge in [0.2, 0.25) is 10.0 Å². The number of sulfonamides is 1. The normalized spacial score (nSPS) is 13.4. The van der Waals surface area contributed by atoms with Gasteiger partial charge in [-0.3, -0.25) is 0 Å². The first-order valence-corrected chi connectivity index (χ1v) is 8.77. The van der Waals surface area contributed by atoms with Crippen LogP contribution in [0.25, 0.3) is 10.8 Å². The molecule has 0 aromatic heterocycles. The lowest BCUT2D eigenvalue weighted by Gasteiger charge is -2.17. The van der Waals surface area contributed by atoms with Crippen LogP contribution in [-0.2, 0) is 10.0 Å². The van der Waals surface area contributed by atoms with Gasteiger partial charge in [-0.25, -0.2) is 13.1 Å². The minimum atomic E-state index is -3.56. The Bertz CT molecular complexity index is 693. The van der Waals surface area contributed by atoms with E-state index in [1.54, 1.807) is 12.1 Å². The van der Waals surface area contributed by atoms with Gasteiger partial charge < -0.3 is 5.73 Å². The van der Waals surface area contributed by atoms with Crippen LogP contribution >= 0.6 is 0 Å². The summed E-state index contributed by atoms with van der Waals surface area (Å²) < 4.78 is 28.0. The molecule has 0 amide bonds. The molecule has 21 heavy (non-hydrogen) atoms. The molecule has 0 heterocycles. The SMILES string of the molecule is CCCCC(CN)NS(=O)(=O)c1cccc2ccccc12. The average Bonchev–Trinajstić information content (AvgIpc) is 2.50. The zero-order valence-electron chi connectivity index (χ0n) is 12.2. The predicted molar refractivity (Wildman–Crippen MR) is 86.6 cm³/mol. The number of fused-ring (bicyclic) bond motifs is 1. The van der Waals surface area contributed by atoms with Crippen molar-refractivity contribution in [1.29, 1.82) is 0 Å². The fourth-order valence-corrected chi connectivity index (χ4v) is 3.90. The van der Waals surface area contributed by atoms with E-state index in [9.17, 15) is 8.42 Å². The van der Waals surface area contributed by atoms with Crippen molar-refractivity contribution in [3.63, 3.8) is 0 Å². The first kappa shape index (κ1) is 15.9. The Labute approximate surface area is 126 Å². The second-order valence-electron chi connectivity index (χ2n) is 5.17. The summed E-state index contributed by atoms with van der Waals surface area (Å²) in [4.78, 5) is 0.315. The Hall–Kier alpha value is -1.43. The summed E-state index contributed by atoms with van der Waals surface area (Å²) in [6, 6.07) is 12.6. The largest absolute Gasteiger partial charge is 0.329 e. The van der Waals surface area contributed by atoms with Crippen molar-refractivity contribution in [3.8, 4) is 0 Å². The second-order valence-corrected chi connectivity index (χ2v) is 6.86. The Morgan fingerprint density at radius 3 is 2.57 bits per heavy atom. The van der Waals surface area contributed by atoms with Crippen LogP contribution in [-0.4, -0.2) is 21.0 Å². The molecule has 1 unspecified atom stereocenters. The fourth-order valence-electron chi connectivity index (χ4n) is 2.39. The van der Waals surface area contributed by atoms with E-state index >= 15 is 0 Å². The smallest absolute Gasteiger partial charge is 0.241 e. The maximum atomic E-state index is 12.6. The van der Waals surface area contributed by atoms with Crippen molar-refractivity contribution in [2.45, 2.75) is 37.1 Å². The van der Waals surface area contributed by atoms with Crippen LogP contribution < -0.4 is 10.5 Å². The number of nitrogens with two attached hydrogens (primary N) is 1. The van der Waals surface area contributed by atoms with Gasteiger partial charge in [0, 0.05) is 18.0 Å². The van der Waals surface area contributed by atoms with Crippen molar-refractivity contribution < 1.29 is 8.42 Å². The molecule has 114 valence electrons. The topological polar surface area (TPSA) is 72.2 Å². The number of hydrogen-bond acceptors (Lipinski definition) is 3. The van der Waals surface area contributed by atoms with Gasteiger partial charge in [-0.15, -0.1) is 0 Å². The highest BCUT2D eigenvalue weighted by atomic mass is 32.2. The fraction of sp³-hybridized carbons (Fsp3) is 0.375. The third kappa shape index (κ3) is 3.81. The molecule has 0 bridgehead atoms. The molecular formula is C16H22N2O2S. The monoisotopic (exact) mass is 306 g/mol. The van der Waals surface area contributed by atoms with Crippen molar-refractivity contribution in [2.24, 2.45) is 5.73 Å². The molecule has 3 N–H and O–H groups in total. The molecule has 0 fully saturated rings. The maximum absolute atomic E-state index is 12.6. The molecule has 0 aliphatic carbocycles. The molecule has 0 saturated carbocycles. The Kier molecular flexibility index (Phi) is 5.33. The van der Waals surface area contributed by atoms with Gasteiger partial charge >= 0.3 is 0 Å². The van der Waals surface area contributed by atoms with Gasteiger partial charge in [0.25, 0.3) is 0 Å². The number of rotatable bonds is 7. The van der Waals surface area contributed by atoms with Crippen LogP contribution in [0.1, 0.15) is 26.2 Å². The molecule has 4 nitrogen and oxygen atoms in total. The van der Waals surface area contributed by atoms with Crippen LogP contribution in [0.4, 0.5) is 0 Å². The molecule has 0 radical (unpaired) electrons. The Morgan fingerprint density at radius 1 is 1.14 bits per heavy atom. The van der Waals surface area contributed by atoms with Gasteiger partial charge in [-0.1, -0.05) is 56.2 Å².